The van der Waals surface area contributed by atoms with Crippen molar-refractivity contribution in [2.24, 2.45) is 7.05 Å². The third-order valence-electron chi connectivity index (χ3n) is 2.62. The van der Waals surface area contributed by atoms with Crippen molar-refractivity contribution in [1.29, 1.82) is 0 Å². The van der Waals surface area contributed by atoms with Crippen LogP contribution in [-0.4, -0.2) is 43.9 Å². The molecule has 1 rings (SSSR count). The highest BCUT2D eigenvalue weighted by molar-refractivity contribution is 5.28. The first-order valence-electron chi connectivity index (χ1n) is 5.54. The molecular formula is C11H21N3O3. The number of nitrogens with one attached hydrogen (secondary N) is 1. The maximum atomic E-state index is 5.31. The van der Waals surface area contributed by atoms with E-state index in [1.807, 2.05) is 14.0 Å². The average Bonchev–Trinajstić information content (AvgIpc) is 2.70. The standard InChI is InChI=1S/C11H21N3O3/c1-6-12-9(11(16-4)17-5)10-8(15-3)7-13-14(10)2/h7,9,11-12H,6H2,1-5H3. The van der Waals surface area contributed by atoms with Gasteiger partial charge in [-0.15, -0.1) is 0 Å². The number of ether oxygens (including phenoxy) is 3. The van der Waals surface area contributed by atoms with Crippen LogP contribution in [-0.2, 0) is 16.5 Å². The van der Waals surface area contributed by atoms with E-state index >= 15 is 0 Å². The molecule has 0 spiro atoms. The highest BCUT2D eigenvalue weighted by Gasteiger charge is 2.28. The lowest BCUT2D eigenvalue weighted by molar-refractivity contribution is -0.125. The van der Waals surface area contributed by atoms with Crippen LogP contribution in [0.3, 0.4) is 0 Å². The van der Waals surface area contributed by atoms with Crippen LogP contribution in [0, 0.1) is 0 Å². The van der Waals surface area contributed by atoms with Gasteiger partial charge in [0.15, 0.2) is 12.0 Å². The van der Waals surface area contributed by atoms with Gasteiger partial charge in [-0.2, -0.15) is 5.10 Å². The molecule has 0 saturated heterocycles. The number of likely N-dealkylation sites (N-methyl/N-ethyl adjacent to an activating group) is 1. The Morgan fingerprint density at radius 2 is 2.00 bits per heavy atom. The highest BCUT2D eigenvalue weighted by Crippen LogP contribution is 2.27. The van der Waals surface area contributed by atoms with E-state index in [9.17, 15) is 0 Å². The molecular weight excluding hydrogens is 222 g/mol. The molecule has 1 heterocycles. The average molecular weight is 243 g/mol. The number of rotatable bonds is 7. The number of aryl methyl sites for hydroxylation is 1. The van der Waals surface area contributed by atoms with Gasteiger partial charge in [-0.1, -0.05) is 6.92 Å². The van der Waals surface area contributed by atoms with Crippen molar-refractivity contribution in [2.45, 2.75) is 19.3 Å². The molecule has 6 nitrogen and oxygen atoms in total. The second kappa shape index (κ2) is 6.58. The highest BCUT2D eigenvalue weighted by atomic mass is 16.7. The second-order valence-corrected chi connectivity index (χ2v) is 3.60. The molecule has 1 aromatic rings. The molecule has 1 atom stereocenters. The number of methoxy groups -OCH3 is 3. The van der Waals surface area contributed by atoms with Gasteiger partial charge in [0.05, 0.1) is 13.3 Å². The van der Waals surface area contributed by atoms with Crippen LogP contribution in [0.1, 0.15) is 18.7 Å². The van der Waals surface area contributed by atoms with Gasteiger partial charge in [0, 0.05) is 21.3 Å². The van der Waals surface area contributed by atoms with Crippen molar-refractivity contribution >= 4 is 0 Å². The summed E-state index contributed by atoms with van der Waals surface area (Å²) in [5.41, 5.74) is 0.906. The fraction of sp³-hybridized carbons (Fsp3) is 0.727. The topological polar surface area (TPSA) is 57.5 Å². The first-order chi connectivity index (χ1) is 8.19. The molecule has 0 amide bonds. The monoisotopic (exact) mass is 243 g/mol. The van der Waals surface area contributed by atoms with Gasteiger partial charge < -0.3 is 19.5 Å². The van der Waals surface area contributed by atoms with Crippen LogP contribution in [0.25, 0.3) is 0 Å². The van der Waals surface area contributed by atoms with E-state index in [4.69, 9.17) is 14.2 Å². The van der Waals surface area contributed by atoms with Crippen LogP contribution >= 0.6 is 0 Å². The molecule has 1 N–H and O–H groups in total. The third-order valence-corrected chi connectivity index (χ3v) is 2.62. The minimum Gasteiger partial charge on any atom is -0.493 e. The molecule has 17 heavy (non-hydrogen) atoms. The summed E-state index contributed by atoms with van der Waals surface area (Å²) >= 11 is 0. The van der Waals surface area contributed by atoms with E-state index in [-0.39, 0.29) is 12.3 Å². The summed E-state index contributed by atoms with van der Waals surface area (Å²) in [6.45, 7) is 2.82. The van der Waals surface area contributed by atoms with Gasteiger partial charge in [0.1, 0.15) is 11.7 Å². The molecule has 0 saturated carbocycles. The molecule has 0 fully saturated rings. The Hall–Kier alpha value is -1.11. The van der Waals surface area contributed by atoms with Gasteiger partial charge >= 0.3 is 0 Å². The van der Waals surface area contributed by atoms with E-state index in [1.165, 1.54) is 0 Å². The third kappa shape index (κ3) is 2.96. The molecule has 6 heteroatoms. The van der Waals surface area contributed by atoms with Crippen molar-refractivity contribution in [3.63, 3.8) is 0 Å². The van der Waals surface area contributed by atoms with Crippen LogP contribution in [0.15, 0.2) is 6.20 Å². The predicted molar refractivity (Wildman–Crippen MR) is 64.0 cm³/mol. The Kier molecular flexibility index (Phi) is 5.40. The zero-order chi connectivity index (χ0) is 12.8. The smallest absolute Gasteiger partial charge is 0.177 e. The molecule has 1 aromatic heterocycles. The molecule has 1 unspecified atom stereocenters. The summed E-state index contributed by atoms with van der Waals surface area (Å²) in [7, 11) is 6.71. The molecule has 0 bridgehead atoms. The Balaban J connectivity index is 3.07. The Morgan fingerprint density at radius 1 is 1.35 bits per heavy atom. The number of aromatic nitrogens is 2. The van der Waals surface area contributed by atoms with Crippen LogP contribution in [0.5, 0.6) is 5.75 Å². The predicted octanol–water partition coefficient (Wildman–Crippen LogP) is 0.698. The van der Waals surface area contributed by atoms with E-state index < -0.39 is 0 Å². The molecule has 98 valence electrons. The molecule has 0 aromatic carbocycles. The lowest BCUT2D eigenvalue weighted by Gasteiger charge is -2.26. The second-order valence-electron chi connectivity index (χ2n) is 3.60. The fourth-order valence-corrected chi connectivity index (χ4v) is 1.85. The van der Waals surface area contributed by atoms with Gasteiger partial charge in [-0.3, -0.25) is 4.68 Å². The fourth-order valence-electron chi connectivity index (χ4n) is 1.85. The summed E-state index contributed by atoms with van der Waals surface area (Å²) in [5.74, 6) is 0.720. The summed E-state index contributed by atoms with van der Waals surface area (Å²) in [4.78, 5) is 0. The number of hydrogen-bond acceptors (Lipinski definition) is 5. The summed E-state index contributed by atoms with van der Waals surface area (Å²) in [6.07, 6.45) is 1.29. The number of nitrogens with zero attached hydrogens (tertiary/aromatic N) is 2. The lowest BCUT2D eigenvalue weighted by Crippen LogP contribution is -2.36. The van der Waals surface area contributed by atoms with Crippen molar-refractivity contribution in [3.05, 3.63) is 11.9 Å². The summed E-state index contributed by atoms with van der Waals surface area (Å²) in [6, 6.07) is -0.127. The van der Waals surface area contributed by atoms with Gasteiger partial charge in [-0.05, 0) is 6.54 Å². The zero-order valence-electron chi connectivity index (χ0n) is 11.1. The minimum atomic E-state index is -0.390. The molecule has 0 aliphatic carbocycles. The summed E-state index contributed by atoms with van der Waals surface area (Å²) in [5, 5.41) is 7.49. The maximum Gasteiger partial charge on any atom is 0.177 e. The summed E-state index contributed by atoms with van der Waals surface area (Å²) < 4.78 is 17.7. The maximum absolute atomic E-state index is 5.31. The minimum absolute atomic E-state index is 0.127. The SMILES string of the molecule is CCNC(c1c(OC)cnn1C)C(OC)OC. The van der Waals surface area contributed by atoms with E-state index in [0.717, 1.165) is 18.0 Å². The van der Waals surface area contributed by atoms with E-state index in [0.29, 0.717) is 0 Å². The van der Waals surface area contributed by atoms with Crippen molar-refractivity contribution in [2.75, 3.05) is 27.9 Å². The van der Waals surface area contributed by atoms with E-state index in [2.05, 4.69) is 10.4 Å². The Morgan fingerprint density at radius 3 is 2.47 bits per heavy atom. The van der Waals surface area contributed by atoms with Crippen molar-refractivity contribution in [1.82, 2.24) is 15.1 Å². The van der Waals surface area contributed by atoms with Crippen LogP contribution in [0.2, 0.25) is 0 Å². The molecule has 0 aliphatic rings. The lowest BCUT2D eigenvalue weighted by atomic mass is 10.2. The molecule has 0 radical (unpaired) electrons. The van der Waals surface area contributed by atoms with Gasteiger partial charge in [0.2, 0.25) is 0 Å². The quantitative estimate of drug-likeness (QED) is 0.714. The normalized spacial score (nSPS) is 13.1. The van der Waals surface area contributed by atoms with Gasteiger partial charge in [-0.25, -0.2) is 0 Å². The van der Waals surface area contributed by atoms with Crippen molar-refractivity contribution < 1.29 is 14.2 Å². The Bertz CT molecular complexity index is 337. The first kappa shape index (κ1) is 14.0. The molecule has 0 aliphatic heterocycles. The van der Waals surface area contributed by atoms with Crippen LogP contribution < -0.4 is 10.1 Å². The first-order valence-corrected chi connectivity index (χ1v) is 5.54. The Labute approximate surface area is 102 Å². The number of hydrogen-bond donors (Lipinski definition) is 1. The zero-order valence-corrected chi connectivity index (χ0v) is 11.1. The van der Waals surface area contributed by atoms with Crippen molar-refractivity contribution in [3.8, 4) is 5.75 Å². The van der Waals surface area contributed by atoms with E-state index in [1.54, 1.807) is 32.2 Å². The largest absolute Gasteiger partial charge is 0.493 e. The van der Waals surface area contributed by atoms with Crippen LogP contribution in [0.4, 0.5) is 0 Å². The van der Waals surface area contributed by atoms with Gasteiger partial charge in [0.25, 0.3) is 0 Å².